The Labute approximate surface area is 401 Å². The number of hydrogen-bond donors (Lipinski definition) is 10. The lowest BCUT2D eigenvalue weighted by Gasteiger charge is -2.61. The standard InChI is InChI=1S/C47H76O22/c1-18(50)23-10-13-47-45(23,5)40(58)34(57)39-44(4)11-9-22(14-21(44)8-12-46(39,47)69-47)63-27-15-24(59-6)35(19(2)61-27)66-43-33(56)38(60-7)36(20(3)62-43)67-42-32(55)30(53)37(26(17-49)65-42)68-41-31(54)29(52)28(51)25(16-48)64-41/h19-43,48-49,51-58H,8-17H2,1-7H3. The van der Waals surface area contributed by atoms with Crippen molar-refractivity contribution in [3.8, 4) is 0 Å². The number of Topliss-reactive ketones (excluding diaryl/α,β-unsaturated/α-hetero) is 1. The van der Waals surface area contributed by atoms with Crippen LogP contribution < -0.4 is 0 Å². The van der Waals surface area contributed by atoms with Crippen LogP contribution in [0.1, 0.15) is 86.0 Å². The number of hydrogen-bond acceptors (Lipinski definition) is 22. The second-order valence-corrected chi connectivity index (χ2v) is 21.9. The summed E-state index contributed by atoms with van der Waals surface area (Å²) >= 11 is 0. The molecule has 5 saturated heterocycles. The summed E-state index contributed by atoms with van der Waals surface area (Å²) in [6.45, 7) is 7.69. The number of fused-ring (bicyclic) bond motifs is 2. The van der Waals surface area contributed by atoms with Crippen LogP contribution in [0.3, 0.4) is 0 Å². The van der Waals surface area contributed by atoms with Crippen molar-refractivity contribution in [3.05, 3.63) is 0 Å². The highest BCUT2D eigenvalue weighted by atomic mass is 16.8. The van der Waals surface area contributed by atoms with E-state index in [4.69, 9.17) is 52.1 Å². The van der Waals surface area contributed by atoms with Crippen LogP contribution >= 0.6 is 0 Å². The zero-order valence-electron chi connectivity index (χ0n) is 40.4. The zero-order chi connectivity index (χ0) is 49.9. The van der Waals surface area contributed by atoms with E-state index >= 15 is 0 Å². The average molecular weight is 993 g/mol. The lowest BCUT2D eigenvalue weighted by molar-refractivity contribution is -0.384. The highest BCUT2D eigenvalue weighted by Crippen LogP contribution is 2.81. The van der Waals surface area contributed by atoms with Crippen molar-refractivity contribution in [2.45, 2.75) is 232 Å². The van der Waals surface area contributed by atoms with E-state index in [0.717, 1.165) is 25.7 Å². The van der Waals surface area contributed by atoms with Crippen molar-refractivity contribution in [1.82, 2.24) is 0 Å². The Morgan fingerprint density at radius 3 is 1.88 bits per heavy atom. The molecule has 29 atom stereocenters. The topological polar surface area (TPSA) is 324 Å². The summed E-state index contributed by atoms with van der Waals surface area (Å²) in [7, 11) is 2.89. The fourth-order valence-electron chi connectivity index (χ4n) is 14.9. The quantitative estimate of drug-likeness (QED) is 0.0674. The van der Waals surface area contributed by atoms with Crippen LogP contribution in [0.4, 0.5) is 0 Å². The maximum atomic E-state index is 12.8. The van der Waals surface area contributed by atoms with E-state index in [1.807, 2.05) is 13.8 Å². The first-order valence-electron chi connectivity index (χ1n) is 24.8. The van der Waals surface area contributed by atoms with E-state index < -0.39 is 159 Å². The van der Waals surface area contributed by atoms with Gasteiger partial charge >= 0.3 is 0 Å². The second-order valence-electron chi connectivity index (χ2n) is 21.9. The Hall–Kier alpha value is -1.17. The van der Waals surface area contributed by atoms with Gasteiger partial charge in [0.25, 0.3) is 0 Å². The molecule has 0 radical (unpaired) electrons. The Morgan fingerprint density at radius 1 is 0.609 bits per heavy atom. The van der Waals surface area contributed by atoms with Gasteiger partial charge in [-0.05, 0) is 77.0 Å². The summed E-state index contributed by atoms with van der Waals surface area (Å²) < 4.78 is 67.2. The molecule has 2 spiro atoms. The van der Waals surface area contributed by atoms with E-state index in [2.05, 4.69) is 6.92 Å². The Kier molecular flexibility index (Phi) is 14.9. The molecule has 5 heterocycles. The van der Waals surface area contributed by atoms with Gasteiger partial charge in [-0.25, -0.2) is 0 Å². The van der Waals surface area contributed by atoms with Gasteiger partial charge in [0.2, 0.25) is 0 Å². The molecule has 10 N–H and O–H groups in total. The molecule has 29 unspecified atom stereocenters. The molecule has 22 nitrogen and oxygen atoms in total. The number of epoxide rings is 1. The number of carbonyl (C=O) groups is 1. The molecule has 0 aromatic heterocycles. The predicted molar refractivity (Wildman–Crippen MR) is 230 cm³/mol. The van der Waals surface area contributed by atoms with Gasteiger partial charge in [-0.1, -0.05) is 13.8 Å². The van der Waals surface area contributed by atoms with E-state index in [0.29, 0.717) is 25.7 Å². The van der Waals surface area contributed by atoms with Gasteiger partial charge in [0, 0.05) is 37.9 Å². The first-order valence-corrected chi connectivity index (χ1v) is 24.8. The van der Waals surface area contributed by atoms with Crippen LogP contribution in [0.25, 0.3) is 0 Å². The molecule has 22 heteroatoms. The van der Waals surface area contributed by atoms with Gasteiger partial charge in [-0.3, -0.25) is 4.79 Å². The summed E-state index contributed by atoms with van der Waals surface area (Å²) in [5.41, 5.74) is -2.34. The van der Waals surface area contributed by atoms with Gasteiger partial charge in [0.15, 0.2) is 25.2 Å². The van der Waals surface area contributed by atoms with E-state index in [-0.39, 0.29) is 35.1 Å². The van der Waals surface area contributed by atoms with Crippen molar-refractivity contribution >= 4 is 5.78 Å². The third kappa shape index (κ3) is 8.22. The van der Waals surface area contributed by atoms with Gasteiger partial charge < -0.3 is 103 Å². The van der Waals surface area contributed by atoms with Crippen molar-refractivity contribution in [2.24, 2.45) is 28.6 Å². The summed E-state index contributed by atoms with van der Waals surface area (Å²) in [5, 5.41) is 108. The molecule has 9 fully saturated rings. The molecule has 4 aliphatic carbocycles. The molecular weight excluding hydrogens is 916 g/mol. The second kappa shape index (κ2) is 19.5. The van der Waals surface area contributed by atoms with E-state index in [1.54, 1.807) is 21.0 Å². The fourth-order valence-corrected chi connectivity index (χ4v) is 14.9. The average Bonchev–Trinajstić information content (AvgIpc) is 3.86. The molecule has 4 saturated carbocycles. The van der Waals surface area contributed by atoms with E-state index in [1.165, 1.54) is 7.11 Å². The monoisotopic (exact) mass is 992 g/mol. The van der Waals surface area contributed by atoms with Crippen molar-refractivity contribution in [3.63, 3.8) is 0 Å². The van der Waals surface area contributed by atoms with Crippen LogP contribution in [0.15, 0.2) is 0 Å². The first-order chi connectivity index (χ1) is 32.7. The minimum absolute atomic E-state index is 0.0315. The van der Waals surface area contributed by atoms with Gasteiger partial charge in [-0.2, -0.15) is 0 Å². The van der Waals surface area contributed by atoms with E-state index in [9.17, 15) is 55.9 Å². The number of rotatable bonds is 13. The van der Waals surface area contributed by atoms with Gasteiger partial charge in [0.05, 0.1) is 49.8 Å². The SMILES string of the molecule is COC1CC(OC2CCC3(C)C(CCC45OC46CCC(C(C)=O)C6(C)C(O)C(O)C35)C2)OC(C)C1OC1OC(C)C(OC2OC(CO)C(OC3OC(CO)C(O)C(O)C3O)C(O)C2O)C(OC)C1O. The smallest absolute Gasteiger partial charge is 0.187 e. The van der Waals surface area contributed by atoms with Crippen LogP contribution in [-0.4, -0.2) is 231 Å². The minimum atomic E-state index is -1.84. The Bertz CT molecular complexity index is 1810. The highest BCUT2D eigenvalue weighted by molar-refractivity contribution is 5.80. The van der Waals surface area contributed by atoms with Crippen molar-refractivity contribution in [2.75, 3.05) is 27.4 Å². The Balaban J connectivity index is 0.794. The third-order valence-electron chi connectivity index (χ3n) is 18.5. The minimum Gasteiger partial charge on any atom is -0.394 e. The number of ketones is 1. The van der Waals surface area contributed by atoms with Gasteiger partial charge in [0.1, 0.15) is 90.2 Å². The molecule has 396 valence electrons. The van der Waals surface area contributed by atoms with Crippen molar-refractivity contribution in [1.29, 1.82) is 0 Å². The maximum absolute atomic E-state index is 12.8. The largest absolute Gasteiger partial charge is 0.394 e. The van der Waals surface area contributed by atoms with Crippen LogP contribution in [0, 0.1) is 28.6 Å². The fraction of sp³-hybridized carbons (Fsp3) is 0.979. The molecule has 9 aliphatic rings. The number of carbonyl (C=O) groups excluding carboxylic acids is 1. The Morgan fingerprint density at radius 2 is 1.23 bits per heavy atom. The molecule has 0 aromatic carbocycles. The highest BCUT2D eigenvalue weighted by Gasteiger charge is 2.90. The number of aliphatic hydroxyl groups excluding tert-OH is 10. The first kappa shape index (κ1) is 52.7. The van der Waals surface area contributed by atoms with Crippen LogP contribution in [0.2, 0.25) is 0 Å². The van der Waals surface area contributed by atoms with Crippen molar-refractivity contribution < 1.29 is 108 Å². The summed E-state index contributed by atoms with van der Waals surface area (Å²) in [5.74, 6) is -0.408. The molecule has 9 rings (SSSR count). The molecule has 5 aliphatic heterocycles. The number of ether oxygens (including phenoxy) is 11. The van der Waals surface area contributed by atoms with Gasteiger partial charge in [-0.15, -0.1) is 0 Å². The van der Waals surface area contributed by atoms with Crippen LogP contribution in [0.5, 0.6) is 0 Å². The molecule has 0 bridgehead atoms. The number of aliphatic hydroxyl groups is 10. The lowest BCUT2D eigenvalue weighted by atomic mass is 9.43. The summed E-state index contributed by atoms with van der Waals surface area (Å²) in [6, 6.07) is 0. The normalized spacial score (nSPS) is 57.2. The lowest BCUT2D eigenvalue weighted by Crippen LogP contribution is -2.69. The molecule has 0 aromatic rings. The molecule has 0 amide bonds. The number of methoxy groups -OCH3 is 2. The summed E-state index contributed by atoms with van der Waals surface area (Å²) in [6.07, 6.45) is -21.7. The third-order valence-corrected chi connectivity index (χ3v) is 18.5. The van der Waals surface area contributed by atoms with Crippen LogP contribution in [-0.2, 0) is 56.9 Å². The zero-order valence-corrected chi connectivity index (χ0v) is 40.4. The summed E-state index contributed by atoms with van der Waals surface area (Å²) in [4.78, 5) is 12.8. The molecular formula is C47H76O22. The molecule has 69 heavy (non-hydrogen) atoms. The predicted octanol–water partition coefficient (Wildman–Crippen LogP) is -2.50. The maximum Gasteiger partial charge on any atom is 0.187 e.